The number of imidazole rings is 1. The standard InChI is InChI=1S/C14H19ClFN3/c1-10(15)14-17-13-11(16)6-4-7-12(13)19(14)9-5-8-18(2)3/h4,6-7,10H,5,8-9H2,1-3H3. The van der Waals surface area contributed by atoms with E-state index >= 15 is 0 Å². The molecule has 2 rings (SSSR count). The van der Waals surface area contributed by atoms with E-state index in [1.165, 1.54) is 6.07 Å². The summed E-state index contributed by atoms with van der Waals surface area (Å²) < 4.78 is 15.8. The number of fused-ring (bicyclic) bond motifs is 1. The molecule has 0 aliphatic rings. The zero-order chi connectivity index (χ0) is 14.0. The van der Waals surface area contributed by atoms with E-state index in [1.807, 2.05) is 31.7 Å². The van der Waals surface area contributed by atoms with Gasteiger partial charge in [-0.15, -0.1) is 11.6 Å². The molecule has 0 radical (unpaired) electrons. The molecule has 0 spiro atoms. The van der Waals surface area contributed by atoms with Gasteiger partial charge in [-0.1, -0.05) is 6.07 Å². The molecule has 104 valence electrons. The highest BCUT2D eigenvalue weighted by molar-refractivity contribution is 6.20. The van der Waals surface area contributed by atoms with Crippen LogP contribution in [0.3, 0.4) is 0 Å². The molecule has 0 saturated heterocycles. The van der Waals surface area contributed by atoms with Crippen LogP contribution in [0.1, 0.15) is 24.5 Å². The minimum Gasteiger partial charge on any atom is -0.327 e. The average molecular weight is 284 g/mol. The Morgan fingerprint density at radius 3 is 2.79 bits per heavy atom. The van der Waals surface area contributed by atoms with Crippen LogP contribution >= 0.6 is 11.6 Å². The SMILES string of the molecule is CC(Cl)c1nc2c(F)cccc2n1CCCN(C)C. The fraction of sp³-hybridized carbons (Fsp3) is 0.500. The number of aromatic nitrogens is 2. The zero-order valence-corrected chi connectivity index (χ0v) is 12.3. The molecule has 0 fully saturated rings. The van der Waals surface area contributed by atoms with Crippen molar-refractivity contribution in [3.63, 3.8) is 0 Å². The molecule has 2 aromatic rings. The van der Waals surface area contributed by atoms with Crippen LogP contribution in [0, 0.1) is 5.82 Å². The number of alkyl halides is 1. The Bertz CT molecular complexity index is 563. The summed E-state index contributed by atoms with van der Waals surface area (Å²) in [6, 6.07) is 5.04. The van der Waals surface area contributed by atoms with Crippen molar-refractivity contribution in [1.82, 2.24) is 14.5 Å². The normalized spacial score (nSPS) is 13.4. The predicted molar refractivity (Wildman–Crippen MR) is 77.1 cm³/mol. The molecule has 0 saturated carbocycles. The summed E-state index contributed by atoms with van der Waals surface area (Å²) in [7, 11) is 4.08. The lowest BCUT2D eigenvalue weighted by Gasteiger charge is -2.13. The molecule has 1 heterocycles. The Kier molecular flexibility index (Phi) is 4.42. The summed E-state index contributed by atoms with van der Waals surface area (Å²) in [5, 5.41) is -0.230. The Balaban J connectivity index is 2.38. The Labute approximate surface area is 118 Å². The van der Waals surface area contributed by atoms with Gasteiger partial charge in [0.25, 0.3) is 0 Å². The molecule has 0 bridgehead atoms. The van der Waals surface area contributed by atoms with Gasteiger partial charge in [0, 0.05) is 6.54 Å². The van der Waals surface area contributed by atoms with E-state index in [9.17, 15) is 4.39 Å². The summed E-state index contributed by atoms with van der Waals surface area (Å²) in [6.07, 6.45) is 0.978. The van der Waals surface area contributed by atoms with Crippen molar-refractivity contribution in [3.05, 3.63) is 29.8 Å². The number of nitrogens with zero attached hydrogens (tertiary/aromatic N) is 3. The Morgan fingerprint density at radius 1 is 1.42 bits per heavy atom. The van der Waals surface area contributed by atoms with E-state index in [-0.39, 0.29) is 11.2 Å². The number of para-hydroxylation sites is 1. The van der Waals surface area contributed by atoms with Gasteiger partial charge in [-0.2, -0.15) is 0 Å². The number of aryl methyl sites for hydroxylation is 1. The fourth-order valence-electron chi connectivity index (χ4n) is 2.21. The van der Waals surface area contributed by atoms with E-state index in [2.05, 4.69) is 9.88 Å². The smallest absolute Gasteiger partial charge is 0.151 e. The monoisotopic (exact) mass is 283 g/mol. The molecule has 1 atom stereocenters. The predicted octanol–water partition coefficient (Wildman–Crippen LogP) is 3.43. The van der Waals surface area contributed by atoms with Gasteiger partial charge in [0.15, 0.2) is 5.82 Å². The number of hydrogen-bond acceptors (Lipinski definition) is 2. The first-order valence-electron chi connectivity index (χ1n) is 6.44. The lowest BCUT2D eigenvalue weighted by atomic mass is 10.3. The van der Waals surface area contributed by atoms with Crippen LogP contribution in [-0.4, -0.2) is 35.1 Å². The first-order chi connectivity index (χ1) is 9.00. The zero-order valence-electron chi connectivity index (χ0n) is 11.5. The number of halogens is 2. The lowest BCUT2D eigenvalue weighted by Crippen LogP contribution is -2.16. The third kappa shape index (κ3) is 3.07. The molecule has 0 aliphatic heterocycles. The van der Waals surface area contributed by atoms with Crippen molar-refractivity contribution in [2.45, 2.75) is 25.3 Å². The summed E-state index contributed by atoms with van der Waals surface area (Å²) >= 11 is 6.16. The molecule has 0 aliphatic carbocycles. The van der Waals surface area contributed by atoms with Crippen molar-refractivity contribution in [2.75, 3.05) is 20.6 Å². The molecule has 5 heteroatoms. The van der Waals surface area contributed by atoms with Crippen molar-refractivity contribution < 1.29 is 4.39 Å². The van der Waals surface area contributed by atoms with Crippen LogP contribution < -0.4 is 0 Å². The van der Waals surface area contributed by atoms with Crippen molar-refractivity contribution in [2.24, 2.45) is 0 Å². The van der Waals surface area contributed by atoms with E-state index in [1.54, 1.807) is 6.07 Å². The van der Waals surface area contributed by atoms with Gasteiger partial charge >= 0.3 is 0 Å². The molecule has 1 aromatic carbocycles. The minimum atomic E-state index is -0.289. The van der Waals surface area contributed by atoms with Gasteiger partial charge < -0.3 is 9.47 Å². The van der Waals surface area contributed by atoms with Crippen molar-refractivity contribution in [1.29, 1.82) is 0 Å². The lowest BCUT2D eigenvalue weighted by molar-refractivity contribution is 0.386. The molecular weight excluding hydrogens is 265 g/mol. The topological polar surface area (TPSA) is 21.1 Å². The second-order valence-corrected chi connectivity index (χ2v) is 5.66. The average Bonchev–Trinajstić information content (AvgIpc) is 2.70. The number of benzene rings is 1. The molecule has 1 aromatic heterocycles. The summed E-state index contributed by atoms with van der Waals surface area (Å²) in [6.45, 7) is 3.64. The van der Waals surface area contributed by atoms with Crippen LogP contribution in [0.15, 0.2) is 18.2 Å². The highest BCUT2D eigenvalue weighted by Crippen LogP contribution is 2.26. The van der Waals surface area contributed by atoms with Crippen molar-refractivity contribution in [3.8, 4) is 0 Å². The largest absolute Gasteiger partial charge is 0.327 e. The maximum atomic E-state index is 13.8. The number of rotatable bonds is 5. The highest BCUT2D eigenvalue weighted by Gasteiger charge is 2.16. The van der Waals surface area contributed by atoms with Crippen LogP contribution in [0.2, 0.25) is 0 Å². The highest BCUT2D eigenvalue weighted by atomic mass is 35.5. The van der Waals surface area contributed by atoms with E-state index < -0.39 is 0 Å². The fourth-order valence-corrected chi connectivity index (χ4v) is 2.38. The van der Waals surface area contributed by atoms with Gasteiger partial charge in [0.05, 0.1) is 10.9 Å². The summed E-state index contributed by atoms with van der Waals surface area (Å²) in [5.74, 6) is 0.447. The summed E-state index contributed by atoms with van der Waals surface area (Å²) in [4.78, 5) is 6.48. The summed E-state index contributed by atoms with van der Waals surface area (Å²) in [5.41, 5.74) is 1.23. The van der Waals surface area contributed by atoms with Gasteiger partial charge in [-0.05, 0) is 46.1 Å². The number of hydrogen-bond donors (Lipinski definition) is 0. The maximum Gasteiger partial charge on any atom is 0.151 e. The maximum absolute atomic E-state index is 13.8. The van der Waals surface area contributed by atoms with Gasteiger partial charge in [0.2, 0.25) is 0 Å². The minimum absolute atomic E-state index is 0.230. The Hall–Kier alpha value is -1.13. The van der Waals surface area contributed by atoms with Crippen LogP contribution in [-0.2, 0) is 6.54 Å². The second kappa shape index (κ2) is 5.88. The van der Waals surface area contributed by atoms with E-state index in [4.69, 9.17) is 11.6 Å². The first-order valence-corrected chi connectivity index (χ1v) is 6.87. The second-order valence-electron chi connectivity index (χ2n) is 5.00. The van der Waals surface area contributed by atoms with E-state index in [0.717, 1.165) is 30.9 Å². The third-order valence-corrected chi connectivity index (χ3v) is 3.30. The molecule has 19 heavy (non-hydrogen) atoms. The molecule has 0 amide bonds. The van der Waals surface area contributed by atoms with Crippen LogP contribution in [0.4, 0.5) is 4.39 Å². The van der Waals surface area contributed by atoms with Crippen molar-refractivity contribution >= 4 is 22.6 Å². The first kappa shape index (κ1) is 14.3. The molecule has 0 N–H and O–H groups in total. The van der Waals surface area contributed by atoms with Crippen LogP contribution in [0.25, 0.3) is 11.0 Å². The van der Waals surface area contributed by atoms with Gasteiger partial charge in [-0.3, -0.25) is 0 Å². The molecular formula is C14H19ClFN3. The van der Waals surface area contributed by atoms with E-state index in [0.29, 0.717) is 5.52 Å². The van der Waals surface area contributed by atoms with Gasteiger partial charge in [0.1, 0.15) is 11.3 Å². The molecule has 3 nitrogen and oxygen atoms in total. The van der Waals surface area contributed by atoms with Gasteiger partial charge in [-0.25, -0.2) is 9.37 Å². The third-order valence-electron chi connectivity index (χ3n) is 3.10. The van der Waals surface area contributed by atoms with Crippen LogP contribution in [0.5, 0.6) is 0 Å². The quantitative estimate of drug-likeness (QED) is 0.784. The molecule has 1 unspecified atom stereocenters. The Morgan fingerprint density at radius 2 is 2.16 bits per heavy atom.